The zero-order chi connectivity index (χ0) is 12.5. The SMILES string of the molecule is Cc1ccc(C(C)N2CCNC(C)(C)C2)cc1. The topological polar surface area (TPSA) is 15.3 Å². The van der Waals surface area contributed by atoms with Crippen LogP contribution in [0.15, 0.2) is 24.3 Å². The van der Waals surface area contributed by atoms with Gasteiger partial charge in [0.1, 0.15) is 0 Å². The zero-order valence-electron chi connectivity index (χ0n) is 11.5. The lowest BCUT2D eigenvalue weighted by molar-refractivity contribution is 0.117. The predicted molar refractivity (Wildman–Crippen MR) is 73.2 cm³/mol. The van der Waals surface area contributed by atoms with Crippen molar-refractivity contribution in [1.29, 1.82) is 0 Å². The molecule has 2 nitrogen and oxygen atoms in total. The van der Waals surface area contributed by atoms with Crippen LogP contribution in [0.3, 0.4) is 0 Å². The van der Waals surface area contributed by atoms with E-state index >= 15 is 0 Å². The number of hydrogen-bond donors (Lipinski definition) is 1. The average Bonchev–Trinajstić information content (AvgIpc) is 2.28. The van der Waals surface area contributed by atoms with Crippen LogP contribution in [0, 0.1) is 6.92 Å². The summed E-state index contributed by atoms with van der Waals surface area (Å²) in [4.78, 5) is 2.57. The van der Waals surface area contributed by atoms with E-state index in [4.69, 9.17) is 0 Å². The molecule has 2 heteroatoms. The van der Waals surface area contributed by atoms with Gasteiger partial charge in [-0.25, -0.2) is 0 Å². The third-order valence-corrected chi connectivity index (χ3v) is 3.71. The number of aryl methyl sites for hydroxylation is 1. The Balaban J connectivity index is 2.09. The first kappa shape index (κ1) is 12.6. The average molecular weight is 232 g/mol. The van der Waals surface area contributed by atoms with E-state index in [0.29, 0.717) is 6.04 Å². The van der Waals surface area contributed by atoms with Gasteiger partial charge in [0.05, 0.1) is 0 Å². The van der Waals surface area contributed by atoms with Crippen LogP contribution < -0.4 is 5.32 Å². The summed E-state index contributed by atoms with van der Waals surface area (Å²) in [5.74, 6) is 0. The highest BCUT2D eigenvalue weighted by atomic mass is 15.2. The molecule has 0 aliphatic carbocycles. The van der Waals surface area contributed by atoms with E-state index in [1.54, 1.807) is 0 Å². The van der Waals surface area contributed by atoms with Gasteiger partial charge in [-0.05, 0) is 33.3 Å². The van der Waals surface area contributed by atoms with Crippen molar-refractivity contribution >= 4 is 0 Å². The molecule has 1 fully saturated rings. The molecule has 1 unspecified atom stereocenters. The van der Waals surface area contributed by atoms with Crippen molar-refractivity contribution in [3.8, 4) is 0 Å². The Bertz CT molecular complexity index is 367. The standard InChI is InChI=1S/C15H24N2/c1-12-5-7-14(8-6-12)13(2)17-10-9-16-15(3,4)11-17/h5-8,13,16H,9-11H2,1-4H3. The van der Waals surface area contributed by atoms with E-state index in [2.05, 4.69) is 62.2 Å². The Hall–Kier alpha value is -0.860. The van der Waals surface area contributed by atoms with Crippen molar-refractivity contribution in [3.05, 3.63) is 35.4 Å². The fourth-order valence-corrected chi connectivity index (χ4v) is 2.57. The van der Waals surface area contributed by atoms with Crippen LogP contribution in [0.2, 0.25) is 0 Å². The van der Waals surface area contributed by atoms with Crippen molar-refractivity contribution in [1.82, 2.24) is 10.2 Å². The van der Waals surface area contributed by atoms with Crippen molar-refractivity contribution in [2.75, 3.05) is 19.6 Å². The molecule has 94 valence electrons. The summed E-state index contributed by atoms with van der Waals surface area (Å²) in [6, 6.07) is 9.44. The smallest absolute Gasteiger partial charge is 0.0321 e. The molecule has 0 spiro atoms. The van der Waals surface area contributed by atoms with E-state index < -0.39 is 0 Å². The van der Waals surface area contributed by atoms with E-state index in [0.717, 1.165) is 19.6 Å². The maximum Gasteiger partial charge on any atom is 0.0321 e. The molecule has 0 aromatic heterocycles. The van der Waals surface area contributed by atoms with E-state index in [-0.39, 0.29) is 5.54 Å². The molecule has 1 heterocycles. The molecule has 1 N–H and O–H groups in total. The number of nitrogens with zero attached hydrogens (tertiary/aromatic N) is 1. The van der Waals surface area contributed by atoms with Crippen LogP contribution in [0.25, 0.3) is 0 Å². The molecular weight excluding hydrogens is 208 g/mol. The third kappa shape index (κ3) is 3.08. The Morgan fingerprint density at radius 3 is 2.47 bits per heavy atom. The Kier molecular flexibility index (Phi) is 3.55. The maximum atomic E-state index is 3.56. The minimum absolute atomic E-state index is 0.233. The molecule has 1 aliphatic rings. The van der Waals surface area contributed by atoms with Gasteiger partial charge in [-0.15, -0.1) is 0 Å². The van der Waals surface area contributed by atoms with Gasteiger partial charge < -0.3 is 5.32 Å². The molecule has 0 amide bonds. The molecule has 0 bridgehead atoms. The fraction of sp³-hybridized carbons (Fsp3) is 0.600. The van der Waals surface area contributed by atoms with Gasteiger partial charge >= 0.3 is 0 Å². The van der Waals surface area contributed by atoms with Crippen LogP contribution in [-0.2, 0) is 0 Å². The van der Waals surface area contributed by atoms with Gasteiger partial charge in [-0.1, -0.05) is 29.8 Å². The van der Waals surface area contributed by atoms with Crippen LogP contribution in [0.1, 0.15) is 37.9 Å². The Labute approximate surface area is 105 Å². The quantitative estimate of drug-likeness (QED) is 0.843. The summed E-state index contributed by atoms with van der Waals surface area (Å²) in [5, 5.41) is 3.56. The van der Waals surface area contributed by atoms with Gasteiger partial charge in [0, 0.05) is 31.2 Å². The molecular formula is C15H24N2. The monoisotopic (exact) mass is 232 g/mol. The first-order valence-corrected chi connectivity index (χ1v) is 6.54. The van der Waals surface area contributed by atoms with Crippen molar-refractivity contribution in [2.24, 2.45) is 0 Å². The predicted octanol–water partition coefficient (Wildman–Crippen LogP) is 2.74. The molecule has 1 aliphatic heterocycles. The number of hydrogen-bond acceptors (Lipinski definition) is 2. The third-order valence-electron chi connectivity index (χ3n) is 3.71. The molecule has 1 saturated heterocycles. The van der Waals surface area contributed by atoms with Gasteiger partial charge in [0.2, 0.25) is 0 Å². The van der Waals surface area contributed by atoms with E-state index in [9.17, 15) is 0 Å². The lowest BCUT2D eigenvalue weighted by Crippen LogP contribution is -2.57. The summed E-state index contributed by atoms with van der Waals surface area (Å²) in [6.07, 6.45) is 0. The van der Waals surface area contributed by atoms with Crippen molar-refractivity contribution in [3.63, 3.8) is 0 Å². The summed E-state index contributed by atoms with van der Waals surface area (Å²) in [7, 11) is 0. The lowest BCUT2D eigenvalue weighted by atomic mass is 9.98. The van der Waals surface area contributed by atoms with Crippen molar-refractivity contribution < 1.29 is 0 Å². The van der Waals surface area contributed by atoms with Crippen LogP contribution >= 0.6 is 0 Å². The van der Waals surface area contributed by atoms with Crippen LogP contribution in [0.4, 0.5) is 0 Å². The molecule has 1 aromatic rings. The largest absolute Gasteiger partial charge is 0.309 e. The number of nitrogens with one attached hydrogen (secondary N) is 1. The lowest BCUT2D eigenvalue weighted by Gasteiger charge is -2.42. The molecule has 0 radical (unpaired) electrons. The first-order valence-electron chi connectivity index (χ1n) is 6.54. The number of benzene rings is 1. The summed E-state index contributed by atoms with van der Waals surface area (Å²) in [6.45, 7) is 12.3. The second-order valence-corrected chi connectivity index (χ2v) is 5.87. The fourth-order valence-electron chi connectivity index (χ4n) is 2.57. The van der Waals surface area contributed by atoms with Gasteiger partial charge in [0.25, 0.3) is 0 Å². The molecule has 1 aromatic carbocycles. The highest BCUT2D eigenvalue weighted by Gasteiger charge is 2.28. The zero-order valence-corrected chi connectivity index (χ0v) is 11.5. The normalized spacial score (nSPS) is 22.4. The maximum absolute atomic E-state index is 3.56. The summed E-state index contributed by atoms with van der Waals surface area (Å²) < 4.78 is 0. The van der Waals surface area contributed by atoms with Crippen LogP contribution in [-0.4, -0.2) is 30.1 Å². The molecule has 1 atom stereocenters. The molecule has 2 rings (SSSR count). The summed E-state index contributed by atoms with van der Waals surface area (Å²) >= 11 is 0. The first-order chi connectivity index (χ1) is 7.98. The number of rotatable bonds is 2. The van der Waals surface area contributed by atoms with Gasteiger partial charge in [-0.3, -0.25) is 4.90 Å². The van der Waals surface area contributed by atoms with Gasteiger partial charge in [-0.2, -0.15) is 0 Å². The highest BCUT2D eigenvalue weighted by Crippen LogP contribution is 2.24. The highest BCUT2D eigenvalue weighted by molar-refractivity contribution is 5.24. The minimum atomic E-state index is 0.233. The molecule has 17 heavy (non-hydrogen) atoms. The Morgan fingerprint density at radius 1 is 1.24 bits per heavy atom. The van der Waals surface area contributed by atoms with Crippen LogP contribution in [0.5, 0.6) is 0 Å². The van der Waals surface area contributed by atoms with Gasteiger partial charge in [0.15, 0.2) is 0 Å². The summed E-state index contributed by atoms with van der Waals surface area (Å²) in [5.41, 5.74) is 2.99. The van der Waals surface area contributed by atoms with E-state index in [1.165, 1.54) is 11.1 Å². The number of piperazine rings is 1. The van der Waals surface area contributed by atoms with Crippen molar-refractivity contribution in [2.45, 2.75) is 39.3 Å². The second-order valence-electron chi connectivity index (χ2n) is 5.87. The van der Waals surface area contributed by atoms with E-state index in [1.807, 2.05) is 0 Å². The molecule has 0 saturated carbocycles. The minimum Gasteiger partial charge on any atom is -0.309 e. The Morgan fingerprint density at radius 2 is 1.88 bits per heavy atom. The second kappa shape index (κ2) is 4.79.